The van der Waals surface area contributed by atoms with E-state index in [0.29, 0.717) is 114 Å². The Hall–Kier alpha value is -14.4. The van der Waals surface area contributed by atoms with Crippen molar-refractivity contribution < 1.29 is 67.4 Å². The third kappa shape index (κ3) is 18.3. The lowest BCUT2D eigenvalue weighted by Gasteiger charge is -2.29. The molecule has 36 heteroatoms. The van der Waals surface area contributed by atoms with Crippen LogP contribution in [0.25, 0.3) is 34.2 Å². The number of alkyl halides is 2. The van der Waals surface area contributed by atoms with Gasteiger partial charge >= 0.3 is 6.61 Å². The molecule has 0 saturated heterocycles. The lowest BCUT2D eigenvalue weighted by atomic mass is 9.94. The molecular weight excluding hydrogens is 2130 g/mol. The third-order valence-electron chi connectivity index (χ3n) is 24.8. The molecule has 6 atom stereocenters. The number of carbonyl (C=O) groups excluding carboxylic acids is 6. The number of phenolic OH excluding ortho intramolecular Hbond substituents is 4. The summed E-state index contributed by atoms with van der Waals surface area (Å²) in [4.78, 5) is 77.3. The van der Waals surface area contributed by atoms with Crippen LogP contribution in [0.5, 0.6) is 34.5 Å². The minimum atomic E-state index is -2.91. The number of Topliss-reactive ketones (excluding diaryl/α,β-unsaturated/α-hetero) is 6. The molecule has 12 aromatic rings. The Morgan fingerprint density at radius 2 is 0.631 bits per heavy atom. The fourth-order valence-corrected chi connectivity index (χ4v) is 21.6. The van der Waals surface area contributed by atoms with Gasteiger partial charge in [-0.15, -0.1) is 0 Å². The number of halogens is 6. The molecule has 0 aromatic heterocycles. The van der Waals surface area contributed by atoms with Gasteiger partial charge in [-0.3, -0.25) is 28.8 Å². The molecule has 24 rings (SSSR count). The van der Waals surface area contributed by atoms with Crippen LogP contribution < -0.4 is 73.3 Å². The lowest BCUT2D eigenvalue weighted by molar-refractivity contribution is -0.0499. The average molecular weight is 2200 g/mol. The molecule has 6 unspecified atom stereocenters. The number of rotatable bonds is 9. The second kappa shape index (κ2) is 39.4. The van der Waals surface area contributed by atoms with E-state index in [0.717, 1.165) is 109 Å². The van der Waals surface area contributed by atoms with Crippen LogP contribution in [0, 0.1) is 6.92 Å². The number of carbonyl (C=O) groups is 6. The predicted molar refractivity (Wildman–Crippen MR) is 567 cm³/mol. The second-order valence-electron chi connectivity index (χ2n) is 33.2. The van der Waals surface area contributed by atoms with Gasteiger partial charge < -0.3 is 93.7 Å². The first-order valence-corrected chi connectivity index (χ1v) is 48.5. The minimum absolute atomic E-state index is 0.0218. The number of phenols is 4. The van der Waals surface area contributed by atoms with Crippen molar-refractivity contribution in [2.24, 2.45) is 0 Å². The van der Waals surface area contributed by atoms with Gasteiger partial charge in [0.05, 0.1) is 117 Å². The highest BCUT2D eigenvalue weighted by atomic mass is 79.9. The van der Waals surface area contributed by atoms with Gasteiger partial charge in [0.25, 0.3) is 0 Å². The number of nitrogens with one attached hydrogen (secondary N) is 12. The summed E-state index contributed by atoms with van der Waals surface area (Å²) in [6, 6.07) is 74.7. The zero-order valence-electron chi connectivity index (χ0n) is 73.1. The Bertz CT molecular complexity index is 7620. The van der Waals surface area contributed by atoms with E-state index in [9.17, 15) is 58.0 Å². The SMILES string of the molecule is COc1ccc(C2NC(=S)NC3=C2C(=O)c2ccccc23)cc1.Cc1ccc2c(c1)C(=O)C1=C2NC(=S)NC1c1cc(O)ccc1Br.O=C1C2=C(NC(=S)NC2c2cc(O)ccc2Br)c2ccc(Cl)cc21.O=C1C2=C(NC(=S)NC2c2cc(O)ccc2Br)c2cccc(O)c21.O=C1C2=C(NC(=S)NC2c2cccc(OC(F)F)c2)c2ccccc21.O=C1C2=C(NC(=S)NC2c2ccccc2)c2ccccc21. The van der Waals surface area contributed by atoms with Gasteiger partial charge in [-0.25, -0.2) is 0 Å². The highest BCUT2D eigenvalue weighted by Gasteiger charge is 2.47. The van der Waals surface area contributed by atoms with Gasteiger partial charge in [-0.05, 0) is 217 Å². The van der Waals surface area contributed by atoms with Gasteiger partial charge in [-0.2, -0.15) is 8.78 Å². The molecule has 141 heavy (non-hydrogen) atoms. The van der Waals surface area contributed by atoms with Crippen LogP contribution in [-0.2, 0) is 0 Å². The second-order valence-corrected chi connectivity index (χ2v) is 38.7. The number of ketones is 6. The van der Waals surface area contributed by atoms with Crippen LogP contribution in [-0.4, -0.2) is 99.5 Å². The van der Waals surface area contributed by atoms with Crippen molar-refractivity contribution in [3.63, 3.8) is 0 Å². The van der Waals surface area contributed by atoms with Gasteiger partial charge in [0.2, 0.25) is 0 Å². The monoisotopic (exact) mass is 2190 g/mol. The number of aromatic hydroxyl groups is 4. The number of ether oxygens (including phenoxy) is 2. The fourth-order valence-electron chi connectivity index (χ4n) is 18.7. The number of hydrogen-bond donors (Lipinski definition) is 16. The van der Waals surface area contributed by atoms with E-state index in [2.05, 4.69) is 116 Å². The van der Waals surface area contributed by atoms with Crippen LogP contribution in [0.1, 0.15) is 171 Å². The Morgan fingerprint density at radius 3 is 1.04 bits per heavy atom. The van der Waals surface area contributed by atoms with E-state index in [1.807, 2.05) is 146 Å². The Labute approximate surface area is 865 Å². The number of benzene rings is 12. The standard InChI is InChI=1S/C18H13BrN2O2S.C18H12F2N2O2S.C18H14N2O2S.C17H10BrClN2O2S.C17H11BrN2O3S.C17H12N2OS/c1-8-2-4-10-11(6-8)17(23)14-15(10)20-18(24)21-16(14)12-7-9(22)3-5-13(12)19;19-17(20)24-10-5-3-4-9(8-10)14-13-15(22-18(25)21-14)11-6-1-2-7-12(11)16(13)23;1-22-11-8-6-10(7-9-11)15-14-16(20-18(23)19-15)12-4-2-3-5-13(12)17(14)21;18-12-4-2-8(22)6-11(12)15-13-14(20-17(24)21-15)9-3-1-7(19)5-10(9)16(13)23;18-10-5-4-7(21)6-9(10)15-13-14(19-17(24)20-15)8-2-1-3-11(22)12(8)16(13)23;20-16-12-9-5-4-8-11(12)15-13(16)14(18-17(21)19-15)10-6-2-1-3-7-10/h2-7,16,22H,1H3,(H2,20,21,24);1-8,14,17H,(H2,21,22,25);2-9,15H,1H3,(H2,19,20,23);1-6,15,22H,(H2,20,21,24);1-6,15,21-22H,(H2,19,20,24);1-9,14H,(H2,18,19,21). The number of methoxy groups -OCH3 is 1. The summed E-state index contributed by atoms with van der Waals surface area (Å²) < 4.78 is 36.9. The van der Waals surface area contributed by atoms with Crippen LogP contribution >= 0.6 is 133 Å². The molecule has 6 heterocycles. The number of hydrogen-bond acceptors (Lipinski definition) is 18. The molecule has 6 aliphatic carbocycles. The van der Waals surface area contributed by atoms with Crippen molar-refractivity contribution in [3.05, 3.63) is 418 Å². The average Bonchev–Trinajstić information content (AvgIpc) is 1.61. The summed E-state index contributed by atoms with van der Waals surface area (Å²) in [5.74, 6) is 0.699. The van der Waals surface area contributed by atoms with Crippen LogP contribution in [0.4, 0.5) is 8.78 Å². The Balaban J connectivity index is 0.000000108. The molecule has 24 nitrogen and oxygen atoms in total. The normalized spacial score (nSPS) is 18.9. The van der Waals surface area contributed by atoms with E-state index >= 15 is 0 Å². The molecule has 0 radical (unpaired) electrons. The van der Waals surface area contributed by atoms with Gasteiger partial charge in [0.15, 0.2) is 65.4 Å². The first-order chi connectivity index (χ1) is 67.9. The lowest BCUT2D eigenvalue weighted by Crippen LogP contribution is -2.43. The highest BCUT2D eigenvalue weighted by Crippen LogP contribution is 2.50. The summed E-state index contributed by atoms with van der Waals surface area (Å²) >= 11 is 48.3. The Kier molecular flexibility index (Phi) is 26.7. The van der Waals surface area contributed by atoms with E-state index in [-0.39, 0.29) is 81.1 Å². The van der Waals surface area contributed by atoms with Crippen molar-refractivity contribution in [1.82, 2.24) is 63.8 Å². The molecule has 12 aromatic carbocycles. The maximum atomic E-state index is 13.0. The van der Waals surface area contributed by atoms with Crippen molar-refractivity contribution in [2.75, 3.05) is 7.11 Å². The topological polar surface area (TPSA) is 346 Å². The first-order valence-electron chi connectivity index (χ1n) is 43.3. The predicted octanol–water partition coefficient (Wildman–Crippen LogP) is 19.6. The summed E-state index contributed by atoms with van der Waals surface area (Å²) in [5, 5.41) is 80.1. The van der Waals surface area contributed by atoms with Gasteiger partial charge in [-0.1, -0.05) is 223 Å². The molecule has 0 saturated carbocycles. The number of aryl methyl sites for hydroxylation is 1. The fraction of sp³-hybridized carbons (Fsp3) is 0.0857. The largest absolute Gasteiger partial charge is 0.508 e. The number of thiocarbonyl (C=S) groups is 6. The van der Waals surface area contributed by atoms with E-state index in [1.54, 1.807) is 110 Å². The van der Waals surface area contributed by atoms with Gasteiger partial charge in [0.1, 0.15) is 34.5 Å². The summed E-state index contributed by atoms with van der Waals surface area (Å²) in [6.45, 7) is -0.950. The molecule has 0 bridgehead atoms. The summed E-state index contributed by atoms with van der Waals surface area (Å²) in [7, 11) is 1.63. The van der Waals surface area contributed by atoms with Crippen molar-refractivity contribution in [2.45, 2.75) is 49.8 Å². The molecule has 12 aliphatic rings. The molecular formula is C105H72Br3ClF2N12O12S6. The van der Waals surface area contributed by atoms with Crippen LogP contribution in [0.2, 0.25) is 5.02 Å². The molecule has 0 spiro atoms. The number of fused-ring (bicyclic) bond motifs is 12. The van der Waals surface area contributed by atoms with Crippen molar-refractivity contribution in [3.8, 4) is 34.5 Å². The molecule has 6 aliphatic heterocycles. The quantitative estimate of drug-likeness (QED) is 0.0597. The minimum Gasteiger partial charge on any atom is -0.508 e. The maximum Gasteiger partial charge on any atom is 0.387 e. The molecule has 702 valence electrons. The molecule has 16 N–H and O–H groups in total. The van der Waals surface area contributed by atoms with Crippen molar-refractivity contribution >= 4 is 232 Å². The highest BCUT2D eigenvalue weighted by molar-refractivity contribution is 9.11. The van der Waals surface area contributed by atoms with Crippen LogP contribution in [0.15, 0.2) is 308 Å². The molecule has 0 amide bonds. The van der Waals surface area contributed by atoms with E-state index in [4.69, 9.17) is 89.6 Å². The zero-order chi connectivity index (χ0) is 98.9. The van der Waals surface area contributed by atoms with Gasteiger partial charge in [0, 0.05) is 79.6 Å². The maximum absolute atomic E-state index is 13.0. The van der Waals surface area contributed by atoms with E-state index in [1.165, 1.54) is 18.2 Å². The Morgan fingerprint density at radius 1 is 0.312 bits per heavy atom. The summed E-state index contributed by atoms with van der Waals surface area (Å²) in [5.41, 5.74) is 22.3. The summed E-state index contributed by atoms with van der Waals surface area (Å²) in [6.07, 6.45) is 0. The smallest absolute Gasteiger partial charge is 0.387 e. The molecule has 0 fully saturated rings. The van der Waals surface area contributed by atoms with Crippen molar-refractivity contribution in [1.29, 1.82) is 0 Å². The first kappa shape index (κ1) is 95.5. The third-order valence-corrected chi connectivity index (χ3v) is 28.5. The van der Waals surface area contributed by atoms with Crippen LogP contribution in [0.3, 0.4) is 0 Å². The van der Waals surface area contributed by atoms with E-state index < -0.39 is 30.8 Å². The zero-order valence-corrected chi connectivity index (χ0v) is 83.6.